The molecular formula is C19H21ClN6O2S. The molecule has 0 spiro atoms. The highest BCUT2D eigenvalue weighted by Gasteiger charge is 2.45. The molecule has 10 heteroatoms. The number of halogens is 1. The van der Waals surface area contributed by atoms with Crippen molar-refractivity contribution < 1.29 is 8.42 Å². The van der Waals surface area contributed by atoms with Gasteiger partial charge in [0.25, 0.3) is 0 Å². The van der Waals surface area contributed by atoms with Crippen molar-refractivity contribution >= 4 is 43.7 Å². The van der Waals surface area contributed by atoms with Gasteiger partial charge in [0, 0.05) is 35.3 Å². The largest absolute Gasteiger partial charge is 0.359 e. The maximum atomic E-state index is 12.3. The highest BCUT2D eigenvalue weighted by atomic mass is 35.5. The Balaban J connectivity index is 1.61. The van der Waals surface area contributed by atoms with E-state index in [1.807, 2.05) is 18.2 Å². The van der Waals surface area contributed by atoms with Crippen LogP contribution in [0.2, 0.25) is 5.02 Å². The molecule has 1 saturated heterocycles. The standard InChI is InChI=1S/C19H21ClN6O2S/c1-29(27,28)18-14-5-7-22-10-17(14)26(25-18)11-19(12-4-6-21-9-12)23-15-3-2-13(20)8-16(15)24-19/h2-3,5,7-8,10,12,21,23-24H,4,6,9,11H2,1H3. The van der Waals surface area contributed by atoms with Crippen LogP contribution in [0.5, 0.6) is 0 Å². The van der Waals surface area contributed by atoms with Crippen LogP contribution in [-0.4, -0.2) is 48.2 Å². The van der Waals surface area contributed by atoms with Gasteiger partial charge in [0.1, 0.15) is 5.66 Å². The molecule has 2 unspecified atom stereocenters. The lowest BCUT2D eigenvalue weighted by atomic mass is 9.91. The van der Waals surface area contributed by atoms with Crippen LogP contribution >= 0.6 is 11.6 Å². The minimum absolute atomic E-state index is 0.0770. The van der Waals surface area contributed by atoms with Gasteiger partial charge < -0.3 is 16.0 Å². The molecule has 1 fully saturated rings. The lowest BCUT2D eigenvalue weighted by Gasteiger charge is -2.36. The molecule has 1 aromatic carbocycles. The number of nitrogens with one attached hydrogen (secondary N) is 3. The SMILES string of the molecule is CS(=O)(=O)c1nn(CC2(C3CCNC3)Nc3ccc(Cl)cc3N2)c2cnccc12. The third-order valence-electron chi connectivity index (χ3n) is 5.72. The average Bonchev–Trinajstić information content (AvgIpc) is 3.39. The summed E-state index contributed by atoms with van der Waals surface area (Å²) in [5.74, 6) is 0.270. The molecule has 0 saturated carbocycles. The quantitative estimate of drug-likeness (QED) is 0.581. The first-order valence-corrected chi connectivity index (χ1v) is 11.7. The van der Waals surface area contributed by atoms with E-state index < -0.39 is 15.5 Å². The smallest absolute Gasteiger partial charge is 0.195 e. The first kappa shape index (κ1) is 18.7. The second-order valence-electron chi connectivity index (χ2n) is 7.73. The summed E-state index contributed by atoms with van der Waals surface area (Å²) < 4.78 is 26.3. The summed E-state index contributed by atoms with van der Waals surface area (Å²) in [6, 6.07) is 7.41. The Morgan fingerprint density at radius 2 is 2.10 bits per heavy atom. The van der Waals surface area contributed by atoms with E-state index in [4.69, 9.17) is 11.6 Å². The van der Waals surface area contributed by atoms with Gasteiger partial charge in [-0.2, -0.15) is 5.10 Å². The van der Waals surface area contributed by atoms with Crippen molar-refractivity contribution in [3.05, 3.63) is 41.7 Å². The van der Waals surface area contributed by atoms with Gasteiger partial charge in [-0.25, -0.2) is 8.42 Å². The molecule has 8 nitrogen and oxygen atoms in total. The van der Waals surface area contributed by atoms with Gasteiger partial charge in [0.15, 0.2) is 14.9 Å². The normalized spacial score (nSPS) is 23.7. The minimum Gasteiger partial charge on any atom is -0.359 e. The molecule has 2 aromatic heterocycles. The van der Waals surface area contributed by atoms with Crippen LogP contribution in [0.4, 0.5) is 11.4 Å². The molecule has 2 aliphatic rings. The first-order valence-electron chi connectivity index (χ1n) is 9.43. The molecule has 2 aliphatic heterocycles. The molecule has 29 heavy (non-hydrogen) atoms. The number of hydrogen-bond acceptors (Lipinski definition) is 7. The number of rotatable bonds is 4. The van der Waals surface area contributed by atoms with Gasteiger partial charge >= 0.3 is 0 Å². The summed E-state index contributed by atoms with van der Waals surface area (Å²) in [5.41, 5.74) is 2.07. The van der Waals surface area contributed by atoms with Gasteiger partial charge in [0.2, 0.25) is 0 Å². The van der Waals surface area contributed by atoms with Crippen LogP contribution < -0.4 is 16.0 Å². The summed E-state index contributed by atoms with van der Waals surface area (Å²) in [6.07, 6.45) is 5.42. The molecule has 3 N–H and O–H groups in total. The Morgan fingerprint density at radius 1 is 1.28 bits per heavy atom. The molecule has 0 radical (unpaired) electrons. The number of sulfone groups is 1. The fraction of sp³-hybridized carbons (Fsp3) is 0.368. The summed E-state index contributed by atoms with van der Waals surface area (Å²) in [5, 5.41) is 16.5. The molecule has 2 atom stereocenters. The summed E-state index contributed by atoms with van der Waals surface area (Å²) in [6.45, 7) is 2.21. The topological polar surface area (TPSA) is 101 Å². The Labute approximate surface area is 173 Å². The Bertz CT molecular complexity index is 1200. The minimum atomic E-state index is -3.47. The molecule has 0 amide bonds. The van der Waals surface area contributed by atoms with Gasteiger partial charge in [-0.05, 0) is 37.2 Å². The van der Waals surface area contributed by atoms with Crippen molar-refractivity contribution in [2.75, 3.05) is 30.0 Å². The van der Waals surface area contributed by atoms with Crippen molar-refractivity contribution in [1.29, 1.82) is 0 Å². The monoisotopic (exact) mass is 432 g/mol. The fourth-order valence-electron chi connectivity index (χ4n) is 4.35. The van der Waals surface area contributed by atoms with Crippen LogP contribution in [-0.2, 0) is 16.4 Å². The third-order valence-corrected chi connectivity index (χ3v) is 6.96. The summed E-state index contributed by atoms with van der Waals surface area (Å²) in [4.78, 5) is 4.19. The zero-order chi connectivity index (χ0) is 20.2. The van der Waals surface area contributed by atoms with Gasteiger partial charge in [-0.1, -0.05) is 11.6 Å². The second-order valence-corrected chi connectivity index (χ2v) is 10.1. The Morgan fingerprint density at radius 3 is 2.86 bits per heavy atom. The van der Waals surface area contributed by atoms with Crippen LogP contribution in [0.3, 0.4) is 0 Å². The maximum Gasteiger partial charge on any atom is 0.195 e. The highest BCUT2D eigenvalue weighted by Crippen LogP contribution is 2.42. The van der Waals surface area contributed by atoms with Crippen LogP contribution in [0.25, 0.3) is 10.9 Å². The van der Waals surface area contributed by atoms with E-state index in [-0.39, 0.29) is 10.9 Å². The van der Waals surface area contributed by atoms with Gasteiger partial charge in [-0.15, -0.1) is 0 Å². The summed E-state index contributed by atoms with van der Waals surface area (Å²) >= 11 is 6.20. The lowest BCUT2D eigenvalue weighted by Crippen LogP contribution is -2.53. The number of anilines is 2. The number of fused-ring (bicyclic) bond motifs is 2. The number of nitrogens with zero attached hydrogens (tertiary/aromatic N) is 3. The zero-order valence-electron chi connectivity index (χ0n) is 15.8. The number of benzene rings is 1. The predicted molar refractivity (Wildman–Crippen MR) is 113 cm³/mol. The lowest BCUT2D eigenvalue weighted by molar-refractivity contribution is 0.312. The van der Waals surface area contributed by atoms with Crippen molar-refractivity contribution in [1.82, 2.24) is 20.1 Å². The molecule has 152 valence electrons. The molecule has 4 heterocycles. The Kier molecular flexibility index (Phi) is 4.23. The fourth-order valence-corrected chi connectivity index (χ4v) is 5.34. The number of hydrogen-bond donors (Lipinski definition) is 3. The van der Waals surface area contributed by atoms with Crippen molar-refractivity contribution in [2.45, 2.75) is 23.7 Å². The van der Waals surface area contributed by atoms with Gasteiger partial charge in [-0.3, -0.25) is 9.67 Å². The van der Waals surface area contributed by atoms with Crippen molar-refractivity contribution in [3.63, 3.8) is 0 Å². The molecule has 3 aromatic rings. The van der Waals surface area contributed by atoms with E-state index in [0.29, 0.717) is 22.5 Å². The van der Waals surface area contributed by atoms with Crippen LogP contribution in [0.1, 0.15) is 6.42 Å². The molecule has 0 aliphatic carbocycles. The summed E-state index contributed by atoms with van der Waals surface area (Å²) in [7, 11) is -3.47. The first-order chi connectivity index (χ1) is 13.9. The van der Waals surface area contributed by atoms with Crippen LogP contribution in [0, 0.1) is 5.92 Å². The molecule has 0 bridgehead atoms. The van der Waals surface area contributed by atoms with E-state index in [1.54, 1.807) is 23.1 Å². The highest BCUT2D eigenvalue weighted by molar-refractivity contribution is 7.90. The van der Waals surface area contributed by atoms with Gasteiger partial charge in [0.05, 0.1) is 29.6 Å². The van der Waals surface area contributed by atoms with Crippen LogP contribution in [0.15, 0.2) is 41.7 Å². The van der Waals surface area contributed by atoms with Crippen molar-refractivity contribution in [3.8, 4) is 0 Å². The molecular weight excluding hydrogens is 412 g/mol. The predicted octanol–water partition coefficient (Wildman–Crippen LogP) is 2.33. The second kappa shape index (κ2) is 6.58. The van der Waals surface area contributed by atoms with Crippen molar-refractivity contribution in [2.24, 2.45) is 5.92 Å². The maximum absolute atomic E-state index is 12.3. The third kappa shape index (κ3) is 3.13. The van der Waals surface area contributed by atoms with E-state index >= 15 is 0 Å². The average molecular weight is 433 g/mol. The van der Waals surface area contributed by atoms with E-state index in [1.165, 1.54) is 6.26 Å². The number of aromatic nitrogens is 3. The van der Waals surface area contributed by atoms with E-state index in [9.17, 15) is 8.42 Å². The molecule has 5 rings (SSSR count). The van der Waals surface area contributed by atoms with E-state index in [2.05, 4.69) is 26.0 Å². The van der Waals surface area contributed by atoms with E-state index in [0.717, 1.165) is 30.9 Å². The Hall–Kier alpha value is -2.36. The zero-order valence-corrected chi connectivity index (χ0v) is 17.4. The number of pyridine rings is 1.